The second kappa shape index (κ2) is 20.2. The highest BCUT2D eigenvalue weighted by Gasteiger charge is 2.49. The number of hydrogen-bond donors (Lipinski definition) is 0. The maximum absolute atomic E-state index is 14.5. The zero-order chi connectivity index (χ0) is 58.3. The van der Waals surface area contributed by atoms with Crippen LogP contribution in [0.2, 0.25) is 80.4 Å². The lowest BCUT2D eigenvalue weighted by Gasteiger charge is -2.21. The summed E-state index contributed by atoms with van der Waals surface area (Å²) < 4.78 is 0. The molecule has 28 heteroatoms. The van der Waals surface area contributed by atoms with Gasteiger partial charge in [-0.2, -0.15) is 0 Å². The Labute approximate surface area is 532 Å². The molecule has 8 aromatic rings. The van der Waals surface area contributed by atoms with Crippen molar-refractivity contribution < 1.29 is 38.4 Å². The van der Waals surface area contributed by atoms with Crippen molar-refractivity contribution in [3.63, 3.8) is 0 Å². The SMILES string of the molecule is O=C1c2c(Cl)c(Cl)c(Cl)c(Cl)c2C(=O)C1c1ccc2c(Cc3ccc(N4C(=O)c5c(Cl)c(Cl)c(Cl)c(Cl)c5C4=O)c4nc(C5C(=O)c6c(Cl)c(Cl)c(Cl)c(Cl)c6C5=O)ccc34)ccc(N3C(=O)c4c(Cl)c(Cl)c(Cl)c(Cl)c4C3=O)c2n1. The third-order valence-corrected chi connectivity index (χ3v) is 21.3. The fourth-order valence-corrected chi connectivity index (χ4v) is 14.5. The highest BCUT2D eigenvalue weighted by atomic mass is 35.5. The van der Waals surface area contributed by atoms with E-state index in [0.29, 0.717) is 11.1 Å². The van der Waals surface area contributed by atoms with Crippen LogP contribution in [0.5, 0.6) is 0 Å². The van der Waals surface area contributed by atoms with E-state index >= 15 is 0 Å². The Hall–Kier alpha value is -4.26. The Kier molecular flexibility index (Phi) is 14.3. The molecule has 4 aliphatic rings. The average molecular weight is 1400 g/mol. The predicted octanol–water partition coefficient (Wildman–Crippen LogP) is 18.8. The van der Waals surface area contributed by atoms with Crippen molar-refractivity contribution in [3.05, 3.63) is 196 Å². The Balaban J connectivity index is 1.05. The minimum atomic E-state index is -1.70. The number of rotatable bonds is 6. The minimum absolute atomic E-state index is 0.116. The fourth-order valence-electron chi connectivity index (χ4n) is 10.4. The lowest BCUT2D eigenvalue weighted by molar-refractivity contribution is 0.0872. The van der Waals surface area contributed by atoms with E-state index < -0.39 is 58.6 Å². The molecule has 0 atom stereocenters. The maximum Gasteiger partial charge on any atom is 0.267 e. The van der Waals surface area contributed by atoms with Gasteiger partial charge in [0.15, 0.2) is 23.1 Å². The molecular weight excluding hydrogens is 1390 g/mol. The molecule has 0 N–H and O–H groups in total. The van der Waals surface area contributed by atoms with Crippen LogP contribution in [-0.4, -0.2) is 56.7 Å². The molecule has 12 rings (SSSR count). The summed E-state index contributed by atoms with van der Waals surface area (Å²) in [7, 11) is 0. The molecule has 0 saturated heterocycles. The van der Waals surface area contributed by atoms with Gasteiger partial charge < -0.3 is 0 Å². The third-order valence-electron chi connectivity index (χ3n) is 14.1. The van der Waals surface area contributed by atoms with Crippen LogP contribution in [-0.2, 0) is 6.42 Å². The minimum Gasteiger partial charge on any atom is -0.293 e. The number of halogens is 16. The van der Waals surface area contributed by atoms with Crippen LogP contribution in [0.1, 0.15) is 117 Å². The van der Waals surface area contributed by atoms with Crippen LogP contribution >= 0.6 is 186 Å². The van der Waals surface area contributed by atoms with E-state index in [-0.39, 0.29) is 176 Å². The topological polar surface area (TPSA) is 169 Å². The van der Waals surface area contributed by atoms with Crippen LogP contribution in [0.4, 0.5) is 11.4 Å². The van der Waals surface area contributed by atoms with Crippen molar-refractivity contribution in [2.24, 2.45) is 0 Å². The molecule has 12 nitrogen and oxygen atoms in total. The summed E-state index contributed by atoms with van der Waals surface area (Å²) in [5.41, 5.74) is -2.98. The van der Waals surface area contributed by atoms with Gasteiger partial charge in [0, 0.05) is 10.8 Å². The van der Waals surface area contributed by atoms with Crippen molar-refractivity contribution in [3.8, 4) is 0 Å². The normalized spacial score (nSPS) is 15.3. The van der Waals surface area contributed by atoms with E-state index in [9.17, 15) is 38.4 Å². The molecule has 0 bridgehead atoms. The lowest BCUT2D eigenvalue weighted by atomic mass is 9.93. The van der Waals surface area contributed by atoms with Crippen LogP contribution in [0.25, 0.3) is 21.8 Å². The quantitative estimate of drug-likeness (QED) is 0.0676. The molecule has 0 saturated carbocycles. The summed E-state index contributed by atoms with van der Waals surface area (Å²) >= 11 is 103. The van der Waals surface area contributed by atoms with Crippen molar-refractivity contribution >= 4 is 266 Å². The number of anilines is 2. The summed E-state index contributed by atoms with van der Waals surface area (Å²) in [6.45, 7) is 0. The number of nitrogens with zero attached hydrogens (tertiary/aromatic N) is 4. The monoisotopic (exact) mass is 1390 g/mol. The highest BCUT2D eigenvalue weighted by Crippen LogP contribution is 2.53. The van der Waals surface area contributed by atoms with Crippen molar-refractivity contribution in [1.29, 1.82) is 0 Å². The summed E-state index contributed by atoms with van der Waals surface area (Å²) in [4.78, 5) is 126. The zero-order valence-corrected chi connectivity index (χ0v) is 50.7. The van der Waals surface area contributed by atoms with Gasteiger partial charge in [-0.15, -0.1) is 0 Å². The average Bonchev–Trinajstić information content (AvgIpc) is 4.27. The van der Waals surface area contributed by atoms with Crippen molar-refractivity contribution in [2.45, 2.75) is 18.3 Å². The molecule has 0 unspecified atom stereocenters. The molecule has 4 amide bonds. The molecule has 2 aromatic heterocycles. The molecule has 0 fully saturated rings. The Morgan fingerprint density at radius 2 is 0.531 bits per heavy atom. The van der Waals surface area contributed by atoms with E-state index in [2.05, 4.69) is 0 Å². The fraction of sp³-hybridized carbons (Fsp3) is 0.0566. The van der Waals surface area contributed by atoms with E-state index in [4.69, 9.17) is 196 Å². The molecule has 0 radical (unpaired) electrons. The summed E-state index contributed by atoms with van der Waals surface area (Å²) in [6, 6.07) is 11.5. The predicted molar refractivity (Wildman–Crippen MR) is 317 cm³/mol. The number of benzene rings is 6. The van der Waals surface area contributed by atoms with Gasteiger partial charge >= 0.3 is 0 Å². The first kappa shape index (κ1) is 57.2. The first-order valence-corrected chi connectivity index (χ1v) is 28.5. The smallest absolute Gasteiger partial charge is 0.267 e. The molecule has 81 heavy (non-hydrogen) atoms. The van der Waals surface area contributed by atoms with Gasteiger partial charge in [-0.3, -0.25) is 38.4 Å². The van der Waals surface area contributed by atoms with Crippen molar-refractivity contribution in [2.75, 3.05) is 9.80 Å². The first-order chi connectivity index (χ1) is 38.2. The number of Topliss-reactive ketones (excluding diaryl/α,β-unsaturated/α-hetero) is 4. The molecule has 0 spiro atoms. The summed E-state index contributed by atoms with van der Waals surface area (Å²) in [6.07, 6.45) is -0.116. The van der Waals surface area contributed by atoms with Crippen LogP contribution in [0.3, 0.4) is 0 Å². The number of pyridine rings is 2. The number of amides is 4. The van der Waals surface area contributed by atoms with Gasteiger partial charge in [0.2, 0.25) is 0 Å². The number of aromatic nitrogens is 2. The Bertz CT molecular complexity index is 4100. The molecule has 4 heterocycles. The van der Waals surface area contributed by atoms with Gasteiger partial charge in [-0.25, -0.2) is 19.8 Å². The van der Waals surface area contributed by atoms with Crippen LogP contribution in [0.15, 0.2) is 48.5 Å². The second-order valence-corrected chi connectivity index (χ2v) is 24.2. The Morgan fingerprint density at radius 1 is 0.296 bits per heavy atom. The number of fused-ring (bicyclic) bond motifs is 6. The molecular formula is C53H12Cl16N4O8. The molecule has 6 aromatic carbocycles. The number of hydrogen-bond acceptors (Lipinski definition) is 10. The maximum atomic E-state index is 14.5. The molecule has 404 valence electrons. The van der Waals surface area contributed by atoms with Crippen LogP contribution < -0.4 is 9.80 Å². The van der Waals surface area contributed by atoms with Crippen molar-refractivity contribution in [1.82, 2.24) is 9.97 Å². The number of carbonyl (C=O) groups is 8. The number of imide groups is 2. The van der Waals surface area contributed by atoms with Crippen LogP contribution in [0, 0.1) is 0 Å². The van der Waals surface area contributed by atoms with Gasteiger partial charge in [-0.05, 0) is 41.8 Å². The van der Waals surface area contributed by atoms with Gasteiger partial charge in [0.05, 0.1) is 159 Å². The van der Waals surface area contributed by atoms with Gasteiger partial charge in [-0.1, -0.05) is 210 Å². The summed E-state index contributed by atoms with van der Waals surface area (Å²) in [5.74, 6) is -10.7. The van der Waals surface area contributed by atoms with E-state index in [1.54, 1.807) is 0 Å². The number of ketones is 4. The van der Waals surface area contributed by atoms with E-state index in [1.165, 1.54) is 48.5 Å². The lowest BCUT2D eigenvalue weighted by Crippen LogP contribution is -2.30. The second-order valence-electron chi connectivity index (χ2n) is 18.2. The molecule has 2 aliphatic heterocycles. The number of carbonyl (C=O) groups excluding carboxylic acids is 8. The highest BCUT2D eigenvalue weighted by molar-refractivity contribution is 6.60. The standard InChI is InChI=1S/C53H12Cl16N4O8/c54-28-20-21(29(55)37(63)36(28)62)47(75)18(46(20)74)14-5-3-12-10(1-7-16(44(12)70-14)72-50(78)24-25(51(72)79)33(59)41(67)40(66)32(24)58)9-11-2-8-17(73-52(80)26-27(53(73)81)35(61)43(69)42(68)34(26)60)45-13(11)4-6-15(71-45)19-48(76)22-23(49(19)77)31(57)39(65)38(64)30(22)56/h1-8,18-19H,9H2. The summed E-state index contributed by atoms with van der Waals surface area (Å²) in [5, 5.41) is -4.72. The first-order valence-electron chi connectivity index (χ1n) is 22.5. The Morgan fingerprint density at radius 3 is 0.778 bits per heavy atom. The molecule has 2 aliphatic carbocycles. The van der Waals surface area contributed by atoms with Gasteiger partial charge in [0.1, 0.15) is 11.8 Å². The van der Waals surface area contributed by atoms with E-state index in [0.717, 1.165) is 9.80 Å². The third kappa shape index (κ3) is 7.94. The van der Waals surface area contributed by atoms with Gasteiger partial charge in [0.25, 0.3) is 23.6 Å². The largest absolute Gasteiger partial charge is 0.293 e. The van der Waals surface area contributed by atoms with E-state index in [1.807, 2.05) is 0 Å². The zero-order valence-electron chi connectivity index (χ0n) is 38.6.